The molecule has 0 radical (unpaired) electrons. The van der Waals surface area contributed by atoms with Crippen LogP contribution >= 0.6 is 0 Å². The first kappa shape index (κ1) is 15.9. The van der Waals surface area contributed by atoms with E-state index in [1.807, 2.05) is 0 Å². The molecule has 0 saturated heterocycles. The van der Waals surface area contributed by atoms with Crippen LogP contribution in [-0.4, -0.2) is 25.3 Å². The van der Waals surface area contributed by atoms with Crippen LogP contribution in [0.2, 0.25) is 0 Å². The lowest BCUT2D eigenvalue weighted by Gasteiger charge is -2.07. The third kappa shape index (κ3) is 3.17. The average molecular weight is 330 g/mol. The highest BCUT2D eigenvalue weighted by molar-refractivity contribution is 5.73. The standard InChI is InChI=1S/C16H15FN4O3/c1-20-15-12(8-19-20)16(23)21(10-18-15)7-6-14(22)24-9-11-4-2-3-5-13(11)17/h2-5,8,10H,6-7,9H2,1H3. The Kier molecular flexibility index (Phi) is 4.37. The summed E-state index contributed by atoms with van der Waals surface area (Å²) in [4.78, 5) is 28.2. The van der Waals surface area contributed by atoms with Gasteiger partial charge in [-0.15, -0.1) is 0 Å². The molecular weight excluding hydrogens is 315 g/mol. The molecule has 0 aliphatic carbocycles. The highest BCUT2D eigenvalue weighted by atomic mass is 19.1. The summed E-state index contributed by atoms with van der Waals surface area (Å²) in [6.45, 7) is -0.00688. The van der Waals surface area contributed by atoms with Crippen molar-refractivity contribution in [3.05, 3.63) is 58.5 Å². The normalized spacial score (nSPS) is 10.9. The van der Waals surface area contributed by atoms with Gasteiger partial charge in [0.25, 0.3) is 5.56 Å². The van der Waals surface area contributed by atoms with E-state index in [1.54, 1.807) is 25.2 Å². The molecule has 8 heteroatoms. The largest absolute Gasteiger partial charge is 0.461 e. The van der Waals surface area contributed by atoms with Gasteiger partial charge < -0.3 is 4.74 Å². The lowest BCUT2D eigenvalue weighted by molar-refractivity contribution is -0.145. The molecule has 0 atom stereocenters. The Balaban J connectivity index is 1.61. The van der Waals surface area contributed by atoms with Gasteiger partial charge in [-0.1, -0.05) is 18.2 Å². The number of nitrogens with zero attached hydrogens (tertiary/aromatic N) is 4. The summed E-state index contributed by atoms with van der Waals surface area (Å²) in [5.41, 5.74) is 0.523. The topological polar surface area (TPSA) is 79.0 Å². The van der Waals surface area contributed by atoms with E-state index >= 15 is 0 Å². The first-order valence-corrected chi connectivity index (χ1v) is 7.32. The van der Waals surface area contributed by atoms with Gasteiger partial charge in [0.05, 0.1) is 18.9 Å². The fourth-order valence-electron chi connectivity index (χ4n) is 2.28. The van der Waals surface area contributed by atoms with Crippen LogP contribution in [0.4, 0.5) is 4.39 Å². The van der Waals surface area contributed by atoms with Crippen molar-refractivity contribution < 1.29 is 13.9 Å². The fraction of sp³-hybridized carbons (Fsp3) is 0.250. The van der Waals surface area contributed by atoms with Crippen LogP contribution in [0.25, 0.3) is 11.0 Å². The number of halogens is 1. The van der Waals surface area contributed by atoms with E-state index in [4.69, 9.17) is 4.74 Å². The van der Waals surface area contributed by atoms with Crippen LogP contribution in [0.15, 0.2) is 41.6 Å². The van der Waals surface area contributed by atoms with Crippen molar-refractivity contribution in [2.24, 2.45) is 7.05 Å². The minimum absolute atomic E-state index is 0.0121. The lowest BCUT2D eigenvalue weighted by atomic mass is 10.2. The Hall–Kier alpha value is -3.03. The maximum absolute atomic E-state index is 13.4. The van der Waals surface area contributed by atoms with Crippen molar-refractivity contribution in [3.8, 4) is 0 Å². The molecule has 0 N–H and O–H groups in total. The molecule has 0 fully saturated rings. The van der Waals surface area contributed by atoms with E-state index in [2.05, 4.69) is 10.1 Å². The summed E-state index contributed by atoms with van der Waals surface area (Å²) in [7, 11) is 1.69. The zero-order valence-corrected chi connectivity index (χ0v) is 13.0. The van der Waals surface area contributed by atoms with Crippen molar-refractivity contribution in [1.29, 1.82) is 0 Å². The van der Waals surface area contributed by atoms with Crippen molar-refractivity contribution in [2.75, 3.05) is 0 Å². The van der Waals surface area contributed by atoms with Crippen LogP contribution in [0, 0.1) is 5.82 Å². The number of aryl methyl sites for hydroxylation is 2. The van der Waals surface area contributed by atoms with Crippen LogP contribution in [0.5, 0.6) is 0 Å². The van der Waals surface area contributed by atoms with Gasteiger partial charge in [0.1, 0.15) is 17.8 Å². The molecule has 124 valence electrons. The summed E-state index contributed by atoms with van der Waals surface area (Å²) in [5, 5.41) is 4.37. The maximum Gasteiger partial charge on any atom is 0.307 e. The van der Waals surface area contributed by atoms with Gasteiger partial charge in [-0.2, -0.15) is 5.10 Å². The molecule has 7 nitrogen and oxygen atoms in total. The molecule has 1 aromatic carbocycles. The van der Waals surface area contributed by atoms with E-state index in [0.29, 0.717) is 16.6 Å². The molecule has 0 aliphatic rings. The minimum atomic E-state index is -0.517. The van der Waals surface area contributed by atoms with Crippen LogP contribution in [-0.2, 0) is 29.7 Å². The number of hydrogen-bond donors (Lipinski definition) is 0. The quantitative estimate of drug-likeness (QED) is 0.661. The lowest BCUT2D eigenvalue weighted by Crippen LogP contribution is -2.22. The van der Waals surface area contributed by atoms with Gasteiger partial charge in [0.2, 0.25) is 0 Å². The van der Waals surface area contributed by atoms with Gasteiger partial charge in [0.15, 0.2) is 5.65 Å². The number of ether oxygens (including phenoxy) is 1. The second-order valence-corrected chi connectivity index (χ2v) is 5.25. The van der Waals surface area contributed by atoms with Gasteiger partial charge in [-0.05, 0) is 6.07 Å². The monoisotopic (exact) mass is 330 g/mol. The average Bonchev–Trinajstić information content (AvgIpc) is 2.95. The molecule has 0 unspecified atom stereocenters. The highest BCUT2D eigenvalue weighted by Crippen LogP contribution is 2.08. The van der Waals surface area contributed by atoms with Crippen molar-refractivity contribution in [2.45, 2.75) is 19.6 Å². The number of carbonyl (C=O) groups excluding carboxylic acids is 1. The number of rotatable bonds is 5. The number of benzene rings is 1. The Morgan fingerprint density at radius 1 is 1.33 bits per heavy atom. The molecule has 0 bridgehead atoms. The minimum Gasteiger partial charge on any atom is -0.461 e. The van der Waals surface area contributed by atoms with Crippen LogP contribution in [0.3, 0.4) is 0 Å². The molecule has 0 spiro atoms. The molecular formula is C16H15FN4O3. The molecule has 2 aromatic heterocycles. The summed E-state index contributed by atoms with van der Waals surface area (Å²) in [5.74, 6) is -0.941. The number of aromatic nitrogens is 4. The predicted octanol–water partition coefficient (Wildman–Crippen LogP) is 1.40. The summed E-state index contributed by atoms with van der Waals surface area (Å²) < 4.78 is 21.3. The van der Waals surface area contributed by atoms with Crippen molar-refractivity contribution >= 4 is 17.0 Å². The molecule has 3 rings (SSSR count). The highest BCUT2D eigenvalue weighted by Gasteiger charge is 2.10. The Morgan fingerprint density at radius 2 is 2.12 bits per heavy atom. The number of carbonyl (C=O) groups is 1. The second kappa shape index (κ2) is 6.61. The number of fused-ring (bicyclic) bond motifs is 1. The summed E-state index contributed by atoms with van der Waals surface area (Å²) in [6.07, 6.45) is 2.80. The van der Waals surface area contributed by atoms with Crippen molar-refractivity contribution in [3.63, 3.8) is 0 Å². The third-order valence-electron chi connectivity index (χ3n) is 3.62. The summed E-state index contributed by atoms with van der Waals surface area (Å²) >= 11 is 0. The zero-order valence-electron chi connectivity index (χ0n) is 13.0. The molecule has 3 aromatic rings. The number of esters is 1. The van der Waals surface area contributed by atoms with Gasteiger partial charge in [-0.25, -0.2) is 9.37 Å². The number of hydrogen-bond acceptors (Lipinski definition) is 5. The van der Waals surface area contributed by atoms with Gasteiger partial charge in [-0.3, -0.25) is 18.8 Å². The second-order valence-electron chi connectivity index (χ2n) is 5.25. The smallest absolute Gasteiger partial charge is 0.307 e. The van der Waals surface area contributed by atoms with E-state index < -0.39 is 11.8 Å². The first-order valence-electron chi connectivity index (χ1n) is 7.32. The van der Waals surface area contributed by atoms with Crippen LogP contribution in [0.1, 0.15) is 12.0 Å². The Labute approximate surface area is 136 Å². The molecule has 0 aliphatic heterocycles. The molecule has 24 heavy (non-hydrogen) atoms. The zero-order chi connectivity index (χ0) is 17.1. The fourth-order valence-corrected chi connectivity index (χ4v) is 2.28. The SMILES string of the molecule is Cn1ncc2c(=O)n(CCC(=O)OCc3ccccc3F)cnc21. The van der Waals surface area contributed by atoms with Crippen molar-refractivity contribution in [1.82, 2.24) is 19.3 Å². The van der Waals surface area contributed by atoms with Gasteiger partial charge in [0, 0.05) is 19.2 Å². The molecule has 0 saturated carbocycles. The van der Waals surface area contributed by atoms with Crippen LogP contribution < -0.4 is 5.56 Å². The predicted molar refractivity (Wildman–Crippen MR) is 83.6 cm³/mol. The molecule has 2 heterocycles. The third-order valence-corrected chi connectivity index (χ3v) is 3.62. The Morgan fingerprint density at radius 3 is 2.92 bits per heavy atom. The molecule has 0 amide bonds. The van der Waals surface area contributed by atoms with E-state index in [0.717, 1.165) is 0 Å². The van der Waals surface area contributed by atoms with E-state index in [1.165, 1.54) is 27.8 Å². The first-order chi connectivity index (χ1) is 11.6. The summed E-state index contributed by atoms with van der Waals surface area (Å²) in [6, 6.07) is 6.08. The Bertz CT molecular complexity index is 948. The maximum atomic E-state index is 13.4. The van der Waals surface area contributed by atoms with Gasteiger partial charge >= 0.3 is 5.97 Å². The van der Waals surface area contributed by atoms with E-state index in [9.17, 15) is 14.0 Å². The van der Waals surface area contributed by atoms with E-state index in [-0.39, 0.29) is 25.1 Å².